The predicted molar refractivity (Wildman–Crippen MR) is 71.0 cm³/mol. The normalized spacial score (nSPS) is 15.8. The molecule has 94 valence electrons. The summed E-state index contributed by atoms with van der Waals surface area (Å²) >= 11 is 0. The maximum atomic E-state index is 11.3. The van der Waals surface area contributed by atoms with Crippen molar-refractivity contribution in [2.45, 2.75) is 33.1 Å². The third-order valence-electron chi connectivity index (χ3n) is 3.49. The monoisotopic (exact) mass is 242 g/mol. The topological polar surface area (TPSA) is 52.9 Å². The van der Waals surface area contributed by atoms with E-state index in [2.05, 4.69) is 31.3 Å². The third kappa shape index (κ3) is 2.70. The maximum absolute atomic E-state index is 11.3. The largest absolute Gasteiger partial charge is 0.326 e. The molecule has 3 heteroatoms. The fraction of sp³-hybridized carbons (Fsp3) is 0.467. The summed E-state index contributed by atoms with van der Waals surface area (Å²) in [7, 11) is 0. The number of carbonyl (C=O) groups excluding carboxylic acids is 1. The number of hydrogen-bond donors (Lipinski definition) is 1. The molecule has 1 aromatic carbocycles. The van der Waals surface area contributed by atoms with Crippen LogP contribution in [0.4, 0.5) is 5.69 Å². The Hall–Kier alpha value is -1.82. The Kier molecular flexibility index (Phi) is 3.66. The molecule has 1 atom stereocenters. The van der Waals surface area contributed by atoms with E-state index < -0.39 is 0 Å². The number of nitrogens with zero attached hydrogens (tertiary/aromatic N) is 1. The van der Waals surface area contributed by atoms with E-state index in [1.165, 1.54) is 11.1 Å². The Morgan fingerprint density at radius 3 is 2.83 bits per heavy atom. The van der Waals surface area contributed by atoms with Gasteiger partial charge in [-0.2, -0.15) is 5.26 Å². The Labute approximate surface area is 108 Å². The highest BCUT2D eigenvalue weighted by Gasteiger charge is 2.17. The van der Waals surface area contributed by atoms with E-state index >= 15 is 0 Å². The lowest BCUT2D eigenvalue weighted by Gasteiger charge is -2.19. The van der Waals surface area contributed by atoms with E-state index in [-0.39, 0.29) is 11.8 Å². The van der Waals surface area contributed by atoms with Gasteiger partial charge in [-0.05, 0) is 36.0 Å². The van der Waals surface area contributed by atoms with Crippen LogP contribution >= 0.6 is 0 Å². The van der Waals surface area contributed by atoms with Crippen molar-refractivity contribution in [2.75, 3.05) is 5.32 Å². The molecule has 0 bridgehead atoms. The van der Waals surface area contributed by atoms with E-state index in [4.69, 9.17) is 5.26 Å². The molecule has 0 saturated heterocycles. The Morgan fingerprint density at radius 2 is 2.17 bits per heavy atom. The van der Waals surface area contributed by atoms with Gasteiger partial charge in [-0.25, -0.2) is 0 Å². The minimum absolute atomic E-state index is 0.0567. The maximum Gasteiger partial charge on any atom is 0.224 e. The summed E-state index contributed by atoms with van der Waals surface area (Å²) in [6.45, 7) is 4.15. The van der Waals surface area contributed by atoms with Gasteiger partial charge in [0.25, 0.3) is 0 Å². The van der Waals surface area contributed by atoms with Gasteiger partial charge >= 0.3 is 0 Å². The number of nitrogens with one attached hydrogen (secondary N) is 1. The number of anilines is 1. The SMILES string of the molecule is CC(C)C(C#N)Cc1ccc2c(c1)CCC(=O)N2. The average molecular weight is 242 g/mol. The zero-order valence-corrected chi connectivity index (χ0v) is 10.9. The summed E-state index contributed by atoms with van der Waals surface area (Å²) in [6, 6.07) is 8.46. The lowest BCUT2D eigenvalue weighted by molar-refractivity contribution is -0.116. The van der Waals surface area contributed by atoms with Crippen molar-refractivity contribution < 1.29 is 4.79 Å². The fourth-order valence-corrected chi connectivity index (χ4v) is 2.25. The first-order chi connectivity index (χ1) is 8.60. The molecule has 0 saturated carbocycles. The molecule has 0 radical (unpaired) electrons. The van der Waals surface area contributed by atoms with Gasteiger partial charge in [0.15, 0.2) is 0 Å². The van der Waals surface area contributed by atoms with Crippen LogP contribution < -0.4 is 5.32 Å². The molecule has 1 unspecified atom stereocenters. The van der Waals surface area contributed by atoms with Gasteiger partial charge in [-0.1, -0.05) is 26.0 Å². The first kappa shape index (κ1) is 12.6. The van der Waals surface area contributed by atoms with Crippen molar-refractivity contribution >= 4 is 11.6 Å². The molecular formula is C15H18N2O. The molecule has 1 N–H and O–H groups in total. The highest BCUT2D eigenvalue weighted by atomic mass is 16.1. The van der Waals surface area contributed by atoms with E-state index in [0.29, 0.717) is 12.3 Å². The first-order valence-corrected chi connectivity index (χ1v) is 6.41. The highest BCUT2D eigenvalue weighted by Crippen LogP contribution is 2.25. The highest BCUT2D eigenvalue weighted by molar-refractivity contribution is 5.93. The van der Waals surface area contributed by atoms with Crippen LogP contribution in [0.2, 0.25) is 0 Å². The standard InChI is InChI=1S/C15H18N2O/c1-10(2)13(9-16)8-11-3-5-14-12(7-11)4-6-15(18)17-14/h3,5,7,10,13H,4,6,8H2,1-2H3,(H,17,18). The van der Waals surface area contributed by atoms with Gasteiger partial charge in [-0.3, -0.25) is 4.79 Å². The number of rotatable bonds is 3. The molecule has 18 heavy (non-hydrogen) atoms. The predicted octanol–water partition coefficient (Wildman–Crippen LogP) is 2.91. The van der Waals surface area contributed by atoms with E-state index in [1.807, 2.05) is 12.1 Å². The average Bonchev–Trinajstić information content (AvgIpc) is 2.35. The summed E-state index contributed by atoms with van der Waals surface area (Å²) in [4.78, 5) is 11.3. The van der Waals surface area contributed by atoms with Gasteiger partial charge in [0, 0.05) is 12.1 Å². The second kappa shape index (κ2) is 5.22. The van der Waals surface area contributed by atoms with Crippen molar-refractivity contribution in [1.29, 1.82) is 5.26 Å². The van der Waals surface area contributed by atoms with Crippen LogP contribution in [0.25, 0.3) is 0 Å². The Morgan fingerprint density at radius 1 is 1.39 bits per heavy atom. The van der Waals surface area contributed by atoms with Gasteiger partial charge in [0.2, 0.25) is 5.91 Å². The molecule has 1 aliphatic rings. The van der Waals surface area contributed by atoms with Gasteiger partial charge in [0.05, 0.1) is 12.0 Å². The summed E-state index contributed by atoms with van der Waals surface area (Å²) in [6.07, 6.45) is 2.14. The minimum atomic E-state index is 0.0567. The van der Waals surface area contributed by atoms with Crippen molar-refractivity contribution in [1.82, 2.24) is 0 Å². The number of amides is 1. The summed E-state index contributed by atoms with van der Waals surface area (Å²) < 4.78 is 0. The second-order valence-corrected chi connectivity index (χ2v) is 5.22. The molecule has 0 fully saturated rings. The molecule has 2 rings (SSSR count). The fourth-order valence-electron chi connectivity index (χ4n) is 2.25. The molecule has 3 nitrogen and oxygen atoms in total. The molecule has 1 heterocycles. The second-order valence-electron chi connectivity index (χ2n) is 5.22. The molecule has 0 spiro atoms. The van der Waals surface area contributed by atoms with E-state index in [1.54, 1.807) is 0 Å². The zero-order chi connectivity index (χ0) is 13.1. The van der Waals surface area contributed by atoms with E-state index in [9.17, 15) is 4.79 Å². The van der Waals surface area contributed by atoms with Crippen LogP contribution in [0.5, 0.6) is 0 Å². The smallest absolute Gasteiger partial charge is 0.224 e. The van der Waals surface area contributed by atoms with Crippen molar-refractivity contribution in [2.24, 2.45) is 11.8 Å². The van der Waals surface area contributed by atoms with Crippen LogP contribution in [0.1, 0.15) is 31.4 Å². The van der Waals surface area contributed by atoms with Gasteiger partial charge in [-0.15, -0.1) is 0 Å². The van der Waals surface area contributed by atoms with Crippen molar-refractivity contribution in [3.8, 4) is 6.07 Å². The summed E-state index contributed by atoms with van der Waals surface area (Å²) in [5, 5.41) is 12.0. The summed E-state index contributed by atoms with van der Waals surface area (Å²) in [5.74, 6) is 0.513. The quantitative estimate of drug-likeness (QED) is 0.886. The van der Waals surface area contributed by atoms with E-state index in [0.717, 1.165) is 18.5 Å². The van der Waals surface area contributed by atoms with Crippen LogP contribution in [-0.2, 0) is 17.6 Å². The summed E-state index contributed by atoms with van der Waals surface area (Å²) in [5.41, 5.74) is 3.30. The number of benzene rings is 1. The number of fused-ring (bicyclic) bond motifs is 1. The Bertz CT molecular complexity index is 500. The molecule has 1 amide bonds. The first-order valence-electron chi connectivity index (χ1n) is 6.41. The lowest BCUT2D eigenvalue weighted by Crippen LogP contribution is -2.19. The van der Waals surface area contributed by atoms with Gasteiger partial charge in [0.1, 0.15) is 0 Å². The molecule has 1 aliphatic heterocycles. The Balaban J connectivity index is 2.17. The third-order valence-corrected chi connectivity index (χ3v) is 3.49. The number of nitriles is 1. The lowest BCUT2D eigenvalue weighted by atomic mass is 9.89. The molecule has 0 aliphatic carbocycles. The number of carbonyl (C=O) groups is 1. The van der Waals surface area contributed by atoms with Crippen LogP contribution in [0, 0.1) is 23.2 Å². The van der Waals surface area contributed by atoms with Gasteiger partial charge < -0.3 is 5.32 Å². The number of aryl methyl sites for hydroxylation is 1. The van der Waals surface area contributed by atoms with Crippen molar-refractivity contribution in [3.05, 3.63) is 29.3 Å². The zero-order valence-electron chi connectivity index (χ0n) is 10.9. The molecule has 0 aromatic heterocycles. The minimum Gasteiger partial charge on any atom is -0.326 e. The van der Waals surface area contributed by atoms with Crippen LogP contribution in [0.3, 0.4) is 0 Å². The molecule has 1 aromatic rings. The molecular weight excluding hydrogens is 224 g/mol. The van der Waals surface area contributed by atoms with Crippen molar-refractivity contribution in [3.63, 3.8) is 0 Å². The van der Waals surface area contributed by atoms with Crippen LogP contribution in [-0.4, -0.2) is 5.91 Å². The van der Waals surface area contributed by atoms with Crippen LogP contribution in [0.15, 0.2) is 18.2 Å². The number of hydrogen-bond acceptors (Lipinski definition) is 2.